The van der Waals surface area contributed by atoms with Gasteiger partial charge in [-0.15, -0.1) is 0 Å². The van der Waals surface area contributed by atoms with Crippen molar-refractivity contribution in [1.82, 2.24) is 20.9 Å². The zero-order valence-electron chi connectivity index (χ0n) is 21.0. The first kappa shape index (κ1) is 26.4. The number of nitrogens with two attached hydrogens (primary N) is 1. The normalized spacial score (nSPS) is 25.8. The van der Waals surface area contributed by atoms with Crippen LogP contribution in [-0.2, 0) is 19.2 Å². The molecule has 0 radical (unpaired) electrons. The highest BCUT2D eigenvalue weighted by molar-refractivity contribution is 6.37. The van der Waals surface area contributed by atoms with Crippen LogP contribution in [0.15, 0.2) is 24.4 Å². The van der Waals surface area contributed by atoms with Crippen LogP contribution in [0.25, 0.3) is 0 Å². The Labute approximate surface area is 206 Å². The third kappa shape index (κ3) is 5.41. The van der Waals surface area contributed by atoms with Gasteiger partial charge in [-0.05, 0) is 49.0 Å². The van der Waals surface area contributed by atoms with Crippen molar-refractivity contribution < 1.29 is 24.0 Å². The summed E-state index contributed by atoms with van der Waals surface area (Å²) >= 11 is 0. The number of amides is 5. The second kappa shape index (κ2) is 9.83. The molecule has 3 fully saturated rings. The number of hydrogen-bond donors (Lipinski definition) is 4. The molecule has 5 N–H and O–H groups in total. The van der Waals surface area contributed by atoms with E-state index >= 15 is 0 Å². The number of ketones is 1. The predicted molar refractivity (Wildman–Crippen MR) is 129 cm³/mol. The van der Waals surface area contributed by atoms with Crippen molar-refractivity contribution in [3.05, 3.63) is 24.4 Å². The summed E-state index contributed by atoms with van der Waals surface area (Å²) in [7, 11) is 0. The molecule has 192 valence electrons. The van der Waals surface area contributed by atoms with E-state index in [1.807, 2.05) is 13.8 Å². The van der Waals surface area contributed by atoms with Crippen molar-refractivity contribution in [3.8, 4) is 0 Å². The molecule has 0 bridgehead atoms. The number of hydrogen-bond acceptors (Lipinski definition) is 5. The van der Waals surface area contributed by atoms with E-state index in [1.54, 1.807) is 13.8 Å². The Balaban J connectivity index is 1.81. The van der Waals surface area contributed by atoms with Gasteiger partial charge in [0.2, 0.25) is 17.6 Å². The molecular weight excluding hydrogens is 450 g/mol. The van der Waals surface area contributed by atoms with Crippen molar-refractivity contribution in [2.24, 2.45) is 28.9 Å². The van der Waals surface area contributed by atoms with E-state index in [4.69, 9.17) is 5.73 Å². The first-order chi connectivity index (χ1) is 16.2. The number of urea groups is 1. The van der Waals surface area contributed by atoms with Crippen LogP contribution in [-0.4, -0.2) is 59.1 Å². The molecule has 35 heavy (non-hydrogen) atoms. The number of nitrogens with zero attached hydrogens (tertiary/aromatic N) is 1. The fourth-order valence-electron chi connectivity index (χ4n) is 5.46. The van der Waals surface area contributed by atoms with Crippen LogP contribution in [0.1, 0.15) is 53.4 Å². The molecule has 3 aliphatic rings. The molecule has 0 aromatic rings. The Morgan fingerprint density at radius 2 is 1.71 bits per heavy atom. The lowest BCUT2D eigenvalue weighted by molar-refractivity contribution is -0.143. The quantitative estimate of drug-likeness (QED) is 0.267. The van der Waals surface area contributed by atoms with Crippen molar-refractivity contribution >= 4 is 29.5 Å². The van der Waals surface area contributed by atoms with E-state index in [1.165, 1.54) is 4.90 Å². The van der Waals surface area contributed by atoms with Gasteiger partial charge in [-0.3, -0.25) is 19.2 Å². The van der Waals surface area contributed by atoms with E-state index in [0.29, 0.717) is 24.2 Å². The van der Waals surface area contributed by atoms with E-state index in [9.17, 15) is 24.0 Å². The Morgan fingerprint density at radius 1 is 1.09 bits per heavy atom. The third-order valence-corrected chi connectivity index (χ3v) is 7.77. The predicted octanol–water partition coefficient (Wildman–Crippen LogP) is 0.976. The number of piperidine rings is 1. The highest BCUT2D eigenvalue weighted by atomic mass is 16.2. The molecule has 1 aliphatic heterocycles. The van der Waals surface area contributed by atoms with Crippen LogP contribution in [0, 0.1) is 23.2 Å². The molecule has 5 amide bonds. The summed E-state index contributed by atoms with van der Waals surface area (Å²) < 4.78 is 0. The molecule has 2 saturated carbocycles. The van der Waals surface area contributed by atoms with Crippen molar-refractivity contribution in [1.29, 1.82) is 0 Å². The van der Waals surface area contributed by atoms with Crippen LogP contribution in [0.4, 0.5) is 4.79 Å². The monoisotopic (exact) mass is 487 g/mol. The van der Waals surface area contributed by atoms with Gasteiger partial charge in [-0.1, -0.05) is 46.3 Å². The number of likely N-dealkylation sites (tertiary alicyclic amines) is 1. The Hall–Kier alpha value is -3.17. The average molecular weight is 488 g/mol. The number of fused-ring (bicyclic) bond motifs is 1. The molecule has 1 heterocycles. The molecule has 10 nitrogen and oxygen atoms in total. The zero-order chi connectivity index (χ0) is 26.2. The molecule has 10 heteroatoms. The van der Waals surface area contributed by atoms with Crippen LogP contribution >= 0.6 is 0 Å². The molecule has 0 spiro atoms. The second-order valence-electron chi connectivity index (χ2n) is 10.9. The van der Waals surface area contributed by atoms with Gasteiger partial charge in [0.15, 0.2) is 0 Å². The summed E-state index contributed by atoms with van der Waals surface area (Å²) in [4.78, 5) is 64.9. The summed E-state index contributed by atoms with van der Waals surface area (Å²) in [5.41, 5.74) is 5.91. The van der Waals surface area contributed by atoms with Gasteiger partial charge in [0.05, 0.1) is 6.04 Å². The number of carbonyl (C=O) groups excluding carboxylic acids is 5. The molecular formula is C25H37N5O5. The number of nitrogens with one attached hydrogen (secondary N) is 3. The number of rotatable bonds is 10. The van der Waals surface area contributed by atoms with Crippen molar-refractivity contribution in [2.75, 3.05) is 6.54 Å². The van der Waals surface area contributed by atoms with E-state index in [0.717, 1.165) is 19.3 Å². The summed E-state index contributed by atoms with van der Waals surface area (Å²) in [6.07, 6.45) is 3.26. The van der Waals surface area contributed by atoms with Gasteiger partial charge in [0.25, 0.3) is 5.91 Å². The van der Waals surface area contributed by atoms with E-state index in [-0.39, 0.29) is 23.2 Å². The molecule has 1 saturated heterocycles. The summed E-state index contributed by atoms with van der Waals surface area (Å²) in [5.74, 6) is -2.60. The lowest BCUT2D eigenvalue weighted by Crippen LogP contribution is -2.59. The molecule has 0 aromatic heterocycles. The standard InChI is InChI=1S/C25H37N5O5/c1-12(2)18(29-24(35)27-13(3)4)23(34)30-11-15-17(25(15,5)6)19(30)22(33)28-16(20(31)21(26)32)10-14-8-7-9-14/h14-19H,1,3,7-11H2,2,4-6H3,(H2,26,32)(H,28,33)(H2,27,29,35)/t15?,16?,17-,18-,19-/m0/s1. The minimum Gasteiger partial charge on any atom is -0.363 e. The first-order valence-corrected chi connectivity index (χ1v) is 12.1. The fourth-order valence-corrected chi connectivity index (χ4v) is 5.46. The largest absolute Gasteiger partial charge is 0.363 e. The molecule has 0 aromatic carbocycles. The van der Waals surface area contributed by atoms with Gasteiger partial charge in [-0.25, -0.2) is 4.79 Å². The highest BCUT2D eigenvalue weighted by Gasteiger charge is 2.69. The zero-order valence-corrected chi connectivity index (χ0v) is 21.0. The number of allylic oxidation sites excluding steroid dienone is 1. The van der Waals surface area contributed by atoms with Gasteiger partial charge in [-0.2, -0.15) is 0 Å². The Bertz CT molecular complexity index is 969. The van der Waals surface area contributed by atoms with E-state index in [2.05, 4.69) is 29.1 Å². The fraction of sp³-hybridized carbons (Fsp3) is 0.640. The van der Waals surface area contributed by atoms with Crippen molar-refractivity contribution in [3.63, 3.8) is 0 Å². The maximum atomic E-state index is 13.5. The number of carbonyl (C=O) groups is 5. The second-order valence-corrected chi connectivity index (χ2v) is 10.9. The number of Topliss-reactive ketones (excluding diaryl/α,β-unsaturated/α-hetero) is 1. The van der Waals surface area contributed by atoms with E-state index < -0.39 is 47.7 Å². The van der Waals surface area contributed by atoms with Crippen molar-refractivity contribution in [2.45, 2.75) is 71.5 Å². The van der Waals surface area contributed by atoms with Crippen LogP contribution in [0.5, 0.6) is 0 Å². The molecule has 3 rings (SSSR count). The molecule has 2 aliphatic carbocycles. The van der Waals surface area contributed by atoms with Gasteiger partial charge < -0.3 is 26.6 Å². The van der Waals surface area contributed by atoms with Crippen LogP contribution in [0.2, 0.25) is 0 Å². The first-order valence-electron chi connectivity index (χ1n) is 12.1. The topological polar surface area (TPSA) is 151 Å². The average Bonchev–Trinajstić information content (AvgIpc) is 3.07. The summed E-state index contributed by atoms with van der Waals surface area (Å²) in [6, 6.07) is -3.49. The minimum absolute atomic E-state index is 0.102. The lowest BCUT2D eigenvalue weighted by atomic mass is 9.80. The highest BCUT2D eigenvalue weighted by Crippen LogP contribution is 2.65. The lowest BCUT2D eigenvalue weighted by Gasteiger charge is -2.34. The smallest absolute Gasteiger partial charge is 0.319 e. The Kier molecular flexibility index (Phi) is 7.42. The maximum Gasteiger partial charge on any atom is 0.319 e. The minimum atomic E-state index is -1.09. The summed E-state index contributed by atoms with van der Waals surface area (Å²) in [5, 5.41) is 7.84. The maximum absolute atomic E-state index is 13.5. The van der Waals surface area contributed by atoms with Crippen LogP contribution < -0.4 is 21.7 Å². The summed E-state index contributed by atoms with van der Waals surface area (Å²) in [6.45, 7) is 15.1. The van der Waals surface area contributed by atoms with Gasteiger partial charge in [0, 0.05) is 12.2 Å². The SMILES string of the molecule is C=C(C)NC(=O)N[C@@H](C(=C)C)C(=O)N1CC2[C@@H]([C@H]1C(=O)NC(CC1CCC1)C(=O)C(N)=O)C2(C)C. The number of primary amides is 1. The Morgan fingerprint density at radius 3 is 2.20 bits per heavy atom. The van der Waals surface area contributed by atoms with Gasteiger partial charge >= 0.3 is 6.03 Å². The molecule has 5 atom stereocenters. The van der Waals surface area contributed by atoms with Crippen LogP contribution in [0.3, 0.4) is 0 Å². The third-order valence-electron chi connectivity index (χ3n) is 7.77. The molecule has 2 unspecified atom stereocenters. The van der Waals surface area contributed by atoms with Gasteiger partial charge in [0.1, 0.15) is 12.1 Å².